The van der Waals surface area contributed by atoms with E-state index < -0.39 is 0 Å². The van der Waals surface area contributed by atoms with Crippen LogP contribution in [0, 0.1) is 22.7 Å². The molecule has 1 aliphatic rings. The van der Waals surface area contributed by atoms with Gasteiger partial charge < -0.3 is 4.90 Å². The molecule has 166 valence electrons. The Morgan fingerprint density at radius 1 is 0.742 bits per heavy atom. The molecule has 0 unspecified atom stereocenters. The number of fused-ring (bicyclic) bond motifs is 1. The van der Waals surface area contributed by atoms with E-state index in [-0.39, 0.29) is 5.57 Å². The van der Waals surface area contributed by atoms with Gasteiger partial charge in [0.15, 0.2) is 0 Å². The quantitative estimate of drug-likeness (QED) is 0.213. The van der Waals surface area contributed by atoms with Gasteiger partial charge in [-0.15, -0.1) is 0 Å². The Morgan fingerprint density at radius 2 is 1.26 bits per heavy atom. The molecule has 0 spiro atoms. The molecule has 0 fully saturated rings. The van der Waals surface area contributed by atoms with Crippen LogP contribution in [0.15, 0.2) is 42.1 Å². The first kappa shape index (κ1) is 24.7. The molecule has 2 rings (SSSR count). The molecule has 0 N–H and O–H groups in total. The van der Waals surface area contributed by atoms with Crippen molar-refractivity contribution < 1.29 is 0 Å². The van der Waals surface area contributed by atoms with Gasteiger partial charge in [-0.05, 0) is 18.6 Å². The predicted octanol–water partition coefficient (Wildman–Crippen LogP) is 8.30. The largest absolute Gasteiger partial charge is 0.347 e. The van der Waals surface area contributed by atoms with Crippen molar-refractivity contribution in [3.8, 4) is 12.1 Å². The monoisotopic (exact) mass is 417 g/mol. The van der Waals surface area contributed by atoms with Gasteiger partial charge in [-0.3, -0.25) is 0 Å². The highest BCUT2D eigenvalue weighted by atomic mass is 15.1. The van der Waals surface area contributed by atoms with Crippen molar-refractivity contribution >= 4 is 11.3 Å². The van der Waals surface area contributed by atoms with E-state index in [2.05, 4.69) is 17.9 Å². The van der Waals surface area contributed by atoms with E-state index in [1.54, 1.807) is 0 Å². The SMILES string of the molecule is CCCCCCCCCCCCCCCCN1C=CC(=C(C#N)C#N)c2ccccc21. The summed E-state index contributed by atoms with van der Waals surface area (Å²) in [4.78, 5) is 2.26. The van der Waals surface area contributed by atoms with E-state index in [4.69, 9.17) is 0 Å². The lowest BCUT2D eigenvalue weighted by atomic mass is 9.96. The van der Waals surface area contributed by atoms with Crippen LogP contribution in [0.2, 0.25) is 0 Å². The lowest BCUT2D eigenvalue weighted by Crippen LogP contribution is -2.21. The zero-order valence-electron chi connectivity index (χ0n) is 19.4. The third-order valence-corrected chi connectivity index (χ3v) is 6.17. The van der Waals surface area contributed by atoms with Gasteiger partial charge in [0.25, 0.3) is 0 Å². The molecule has 0 radical (unpaired) electrons. The zero-order chi connectivity index (χ0) is 22.2. The van der Waals surface area contributed by atoms with Crippen molar-refractivity contribution in [3.63, 3.8) is 0 Å². The van der Waals surface area contributed by atoms with Gasteiger partial charge in [-0.25, -0.2) is 0 Å². The Bertz CT molecular complexity index is 775. The lowest BCUT2D eigenvalue weighted by molar-refractivity contribution is 0.536. The van der Waals surface area contributed by atoms with Crippen LogP contribution in [-0.4, -0.2) is 6.54 Å². The van der Waals surface area contributed by atoms with Gasteiger partial charge in [-0.1, -0.05) is 109 Å². The average molecular weight is 418 g/mol. The van der Waals surface area contributed by atoms with Gasteiger partial charge in [0.1, 0.15) is 17.7 Å². The van der Waals surface area contributed by atoms with Crippen molar-refractivity contribution in [3.05, 3.63) is 47.7 Å². The summed E-state index contributed by atoms with van der Waals surface area (Å²) < 4.78 is 0. The van der Waals surface area contributed by atoms with E-state index >= 15 is 0 Å². The number of hydrogen-bond donors (Lipinski definition) is 0. The third-order valence-electron chi connectivity index (χ3n) is 6.17. The van der Waals surface area contributed by atoms with E-state index in [0.29, 0.717) is 0 Å². The molecule has 3 heteroatoms. The summed E-state index contributed by atoms with van der Waals surface area (Å²) >= 11 is 0. The maximum Gasteiger partial charge on any atom is 0.137 e. The standard InChI is InChI=1S/C28H39N3/c1-2-3-4-5-6-7-8-9-10-11-12-13-14-17-21-31-22-20-26(25(23-29)24-30)27-18-15-16-19-28(27)31/h15-16,18-20,22H,2-14,17,21H2,1H3. The molecule has 0 amide bonds. The number of hydrogen-bond acceptors (Lipinski definition) is 3. The van der Waals surface area contributed by atoms with E-state index in [9.17, 15) is 10.5 Å². The molecule has 1 aliphatic heterocycles. The molecule has 0 aromatic heterocycles. The zero-order valence-corrected chi connectivity index (χ0v) is 19.4. The van der Waals surface area contributed by atoms with Crippen LogP contribution in [-0.2, 0) is 0 Å². The molecule has 3 nitrogen and oxygen atoms in total. The molecule has 0 aliphatic carbocycles. The van der Waals surface area contributed by atoms with Gasteiger partial charge in [0.2, 0.25) is 0 Å². The molecule has 0 saturated carbocycles. The maximum atomic E-state index is 9.24. The Balaban J connectivity index is 1.60. The first-order valence-corrected chi connectivity index (χ1v) is 12.4. The summed E-state index contributed by atoms with van der Waals surface area (Å²) in [6.45, 7) is 3.26. The third kappa shape index (κ3) is 8.63. The summed E-state index contributed by atoms with van der Waals surface area (Å²) in [7, 11) is 0. The second-order valence-electron chi connectivity index (χ2n) is 8.63. The molecule has 1 aromatic rings. The Morgan fingerprint density at radius 3 is 1.81 bits per heavy atom. The van der Waals surface area contributed by atoms with E-state index in [0.717, 1.165) is 23.4 Å². The van der Waals surface area contributed by atoms with Crippen LogP contribution in [0.25, 0.3) is 5.57 Å². The molecule has 1 heterocycles. The molecule has 31 heavy (non-hydrogen) atoms. The van der Waals surface area contributed by atoms with E-state index in [1.165, 1.54) is 89.9 Å². The van der Waals surface area contributed by atoms with Crippen LogP contribution >= 0.6 is 0 Å². The smallest absolute Gasteiger partial charge is 0.137 e. The number of para-hydroxylation sites is 1. The number of anilines is 1. The van der Waals surface area contributed by atoms with E-state index in [1.807, 2.05) is 42.6 Å². The van der Waals surface area contributed by atoms with Crippen LogP contribution < -0.4 is 4.90 Å². The summed E-state index contributed by atoms with van der Waals surface area (Å²) in [5.41, 5.74) is 2.99. The summed E-state index contributed by atoms with van der Waals surface area (Å²) in [6.07, 6.45) is 23.1. The number of benzene rings is 1. The second-order valence-corrected chi connectivity index (χ2v) is 8.63. The van der Waals surface area contributed by atoms with Crippen molar-refractivity contribution in [2.75, 3.05) is 11.4 Å². The fraction of sp³-hybridized carbons (Fsp3) is 0.571. The average Bonchev–Trinajstić information content (AvgIpc) is 2.81. The van der Waals surface area contributed by atoms with Gasteiger partial charge in [-0.2, -0.15) is 10.5 Å². The van der Waals surface area contributed by atoms with Crippen molar-refractivity contribution in [2.45, 2.75) is 96.8 Å². The molecule has 0 bridgehead atoms. The van der Waals surface area contributed by atoms with Crippen LogP contribution in [0.3, 0.4) is 0 Å². The summed E-state index contributed by atoms with van der Waals surface area (Å²) in [5, 5.41) is 18.5. The Hall–Kier alpha value is -2.52. The molecular weight excluding hydrogens is 378 g/mol. The van der Waals surface area contributed by atoms with Crippen molar-refractivity contribution in [1.29, 1.82) is 10.5 Å². The number of allylic oxidation sites excluding steroid dienone is 3. The number of nitrogens with zero attached hydrogens (tertiary/aromatic N) is 3. The van der Waals surface area contributed by atoms with Crippen LogP contribution in [0.5, 0.6) is 0 Å². The highest BCUT2D eigenvalue weighted by molar-refractivity contribution is 5.90. The topological polar surface area (TPSA) is 50.8 Å². The Labute approximate surface area is 190 Å². The van der Waals surface area contributed by atoms with Crippen molar-refractivity contribution in [2.24, 2.45) is 0 Å². The molecule has 0 atom stereocenters. The molecule has 1 aromatic carbocycles. The minimum absolute atomic E-state index is 0.180. The van der Waals surface area contributed by atoms with Gasteiger partial charge >= 0.3 is 0 Å². The number of rotatable bonds is 15. The fourth-order valence-electron chi connectivity index (χ4n) is 4.32. The molecular formula is C28H39N3. The number of unbranched alkanes of at least 4 members (excludes halogenated alkanes) is 13. The normalized spacial score (nSPS) is 12.4. The maximum absolute atomic E-state index is 9.24. The summed E-state index contributed by atoms with van der Waals surface area (Å²) in [5.74, 6) is 0. The summed E-state index contributed by atoms with van der Waals surface area (Å²) in [6, 6.07) is 12.1. The van der Waals surface area contributed by atoms with Gasteiger partial charge in [0, 0.05) is 29.6 Å². The predicted molar refractivity (Wildman–Crippen MR) is 131 cm³/mol. The molecule has 0 saturated heterocycles. The highest BCUT2D eigenvalue weighted by Crippen LogP contribution is 2.34. The highest BCUT2D eigenvalue weighted by Gasteiger charge is 2.18. The fourth-order valence-corrected chi connectivity index (χ4v) is 4.32. The second kappa shape index (κ2) is 15.3. The minimum atomic E-state index is 0.180. The number of nitriles is 2. The first-order chi connectivity index (χ1) is 15.3. The lowest BCUT2D eigenvalue weighted by Gasteiger charge is -2.27. The van der Waals surface area contributed by atoms with Crippen molar-refractivity contribution in [1.82, 2.24) is 0 Å². The Kier molecular flexibility index (Phi) is 12.2. The van der Waals surface area contributed by atoms with Gasteiger partial charge in [0.05, 0.1) is 0 Å². The first-order valence-electron chi connectivity index (χ1n) is 12.4. The minimum Gasteiger partial charge on any atom is -0.347 e. The van der Waals surface area contributed by atoms with Crippen LogP contribution in [0.4, 0.5) is 5.69 Å². The van der Waals surface area contributed by atoms with Crippen LogP contribution in [0.1, 0.15) is 102 Å².